The van der Waals surface area contributed by atoms with Crippen molar-refractivity contribution >= 4 is 5.69 Å². The number of H-pyrrole nitrogens is 1. The number of ether oxygens (including phenoxy) is 1. The zero-order valence-electron chi connectivity index (χ0n) is 10.1. The Morgan fingerprint density at radius 1 is 1.33 bits per heavy atom. The summed E-state index contributed by atoms with van der Waals surface area (Å²) in [5.74, 6) is 0.852. The highest BCUT2D eigenvalue weighted by molar-refractivity contribution is 5.39. The first-order chi connectivity index (χ1) is 8.78. The van der Waals surface area contributed by atoms with Crippen molar-refractivity contribution in [1.82, 2.24) is 10.2 Å². The number of aromatic amines is 1. The summed E-state index contributed by atoms with van der Waals surface area (Å²) in [4.78, 5) is 11.0. The number of benzene rings is 1. The molecule has 1 aromatic carbocycles. The molecule has 5 nitrogen and oxygen atoms in total. The molecule has 0 bridgehead atoms. The van der Waals surface area contributed by atoms with E-state index < -0.39 is 0 Å². The Balaban J connectivity index is 1.86. The SMILES string of the molecule is COc1ccc(CCNc2cn[nH]c(=O)c2)cc1. The van der Waals surface area contributed by atoms with Crippen LogP contribution < -0.4 is 15.6 Å². The van der Waals surface area contributed by atoms with Gasteiger partial charge in [-0.1, -0.05) is 12.1 Å². The van der Waals surface area contributed by atoms with Crippen LogP contribution in [0.15, 0.2) is 41.3 Å². The maximum absolute atomic E-state index is 11.0. The Morgan fingerprint density at radius 3 is 2.78 bits per heavy atom. The molecule has 0 aliphatic heterocycles. The molecule has 0 saturated heterocycles. The van der Waals surface area contributed by atoms with Crippen molar-refractivity contribution in [2.45, 2.75) is 6.42 Å². The average Bonchev–Trinajstić information content (AvgIpc) is 2.40. The molecule has 0 spiro atoms. The van der Waals surface area contributed by atoms with Crippen LogP contribution in [0.3, 0.4) is 0 Å². The van der Waals surface area contributed by atoms with Gasteiger partial charge in [0, 0.05) is 12.6 Å². The topological polar surface area (TPSA) is 67.0 Å². The molecule has 2 N–H and O–H groups in total. The minimum atomic E-state index is -0.204. The zero-order chi connectivity index (χ0) is 12.8. The molecular formula is C13H15N3O2. The number of nitrogens with zero attached hydrogens (tertiary/aromatic N) is 1. The standard InChI is InChI=1S/C13H15N3O2/c1-18-12-4-2-10(3-5-12)6-7-14-11-8-13(17)16-15-9-11/h2-5,8-9H,6-7H2,1H3,(H2,14,16,17). The second-order valence-electron chi connectivity index (χ2n) is 3.86. The quantitative estimate of drug-likeness (QED) is 0.836. The lowest BCUT2D eigenvalue weighted by molar-refractivity contribution is 0.414. The lowest BCUT2D eigenvalue weighted by Crippen LogP contribution is -2.11. The van der Waals surface area contributed by atoms with Crippen molar-refractivity contribution in [2.75, 3.05) is 19.0 Å². The average molecular weight is 245 g/mol. The fraction of sp³-hybridized carbons (Fsp3) is 0.231. The summed E-state index contributed by atoms with van der Waals surface area (Å²) in [6, 6.07) is 9.41. The number of hydrogen-bond acceptors (Lipinski definition) is 4. The summed E-state index contributed by atoms with van der Waals surface area (Å²) < 4.78 is 5.09. The van der Waals surface area contributed by atoms with Crippen molar-refractivity contribution < 1.29 is 4.74 Å². The van der Waals surface area contributed by atoms with Crippen LogP contribution in [0.4, 0.5) is 5.69 Å². The molecule has 0 aliphatic carbocycles. The fourth-order valence-corrected chi connectivity index (χ4v) is 1.62. The van der Waals surface area contributed by atoms with Crippen LogP contribution in [0.5, 0.6) is 5.75 Å². The van der Waals surface area contributed by atoms with E-state index >= 15 is 0 Å². The molecule has 2 aromatic rings. The van der Waals surface area contributed by atoms with E-state index in [-0.39, 0.29) is 5.56 Å². The van der Waals surface area contributed by atoms with E-state index in [0.29, 0.717) is 0 Å². The number of rotatable bonds is 5. The van der Waals surface area contributed by atoms with Crippen molar-refractivity contribution in [3.63, 3.8) is 0 Å². The minimum absolute atomic E-state index is 0.204. The Bertz CT molecular complexity index is 549. The third-order valence-electron chi connectivity index (χ3n) is 2.57. The molecule has 0 atom stereocenters. The van der Waals surface area contributed by atoms with Crippen molar-refractivity contribution in [1.29, 1.82) is 0 Å². The summed E-state index contributed by atoms with van der Waals surface area (Å²) in [6.07, 6.45) is 2.46. The molecule has 18 heavy (non-hydrogen) atoms. The maximum atomic E-state index is 11.0. The highest BCUT2D eigenvalue weighted by atomic mass is 16.5. The summed E-state index contributed by atoms with van der Waals surface area (Å²) in [5.41, 5.74) is 1.73. The number of nitrogens with one attached hydrogen (secondary N) is 2. The van der Waals surface area contributed by atoms with Crippen molar-refractivity contribution in [3.8, 4) is 5.75 Å². The molecule has 0 saturated carbocycles. The number of anilines is 1. The Labute approximate surface area is 105 Å². The van der Waals surface area contributed by atoms with Gasteiger partial charge in [0.25, 0.3) is 5.56 Å². The van der Waals surface area contributed by atoms with Gasteiger partial charge in [-0.05, 0) is 24.1 Å². The first-order valence-corrected chi connectivity index (χ1v) is 5.69. The van der Waals surface area contributed by atoms with Crippen LogP contribution in [0, 0.1) is 0 Å². The molecule has 94 valence electrons. The van der Waals surface area contributed by atoms with Gasteiger partial charge < -0.3 is 10.1 Å². The monoisotopic (exact) mass is 245 g/mol. The third kappa shape index (κ3) is 3.35. The van der Waals surface area contributed by atoms with Gasteiger partial charge >= 0.3 is 0 Å². The van der Waals surface area contributed by atoms with Gasteiger partial charge in [0.15, 0.2) is 0 Å². The highest BCUT2D eigenvalue weighted by Crippen LogP contribution is 2.11. The zero-order valence-corrected chi connectivity index (χ0v) is 10.1. The van der Waals surface area contributed by atoms with E-state index in [2.05, 4.69) is 15.5 Å². The molecule has 0 radical (unpaired) electrons. The summed E-state index contributed by atoms with van der Waals surface area (Å²) in [6.45, 7) is 0.747. The van der Waals surface area contributed by atoms with E-state index in [1.807, 2.05) is 24.3 Å². The third-order valence-corrected chi connectivity index (χ3v) is 2.57. The van der Waals surface area contributed by atoms with E-state index in [1.165, 1.54) is 11.6 Å². The highest BCUT2D eigenvalue weighted by Gasteiger charge is 1.96. The van der Waals surface area contributed by atoms with Crippen LogP contribution >= 0.6 is 0 Å². The number of hydrogen-bond donors (Lipinski definition) is 2. The lowest BCUT2D eigenvalue weighted by atomic mass is 10.1. The van der Waals surface area contributed by atoms with Crippen LogP contribution in [0.1, 0.15) is 5.56 Å². The molecule has 2 rings (SSSR count). The van der Waals surface area contributed by atoms with Gasteiger partial charge in [0.1, 0.15) is 5.75 Å². The van der Waals surface area contributed by atoms with Gasteiger partial charge in [-0.25, -0.2) is 5.10 Å². The molecule has 0 amide bonds. The van der Waals surface area contributed by atoms with E-state index in [4.69, 9.17) is 4.74 Å². The fourth-order valence-electron chi connectivity index (χ4n) is 1.62. The summed E-state index contributed by atoms with van der Waals surface area (Å²) in [7, 11) is 1.65. The van der Waals surface area contributed by atoms with Crippen LogP contribution in [0.25, 0.3) is 0 Å². The molecular weight excluding hydrogens is 230 g/mol. The predicted molar refractivity (Wildman–Crippen MR) is 70.0 cm³/mol. The van der Waals surface area contributed by atoms with Gasteiger partial charge in [-0.3, -0.25) is 4.79 Å². The van der Waals surface area contributed by atoms with Gasteiger partial charge in [0.05, 0.1) is 19.0 Å². The largest absolute Gasteiger partial charge is 0.497 e. The number of methoxy groups -OCH3 is 1. The van der Waals surface area contributed by atoms with E-state index in [9.17, 15) is 4.79 Å². The first-order valence-electron chi connectivity index (χ1n) is 5.69. The minimum Gasteiger partial charge on any atom is -0.497 e. The normalized spacial score (nSPS) is 10.1. The summed E-state index contributed by atoms with van der Waals surface area (Å²) in [5, 5.41) is 9.20. The molecule has 0 aliphatic rings. The molecule has 0 fully saturated rings. The molecule has 0 unspecified atom stereocenters. The predicted octanol–water partition coefficient (Wildman–Crippen LogP) is 1.43. The molecule has 5 heteroatoms. The van der Waals surface area contributed by atoms with Gasteiger partial charge in [-0.15, -0.1) is 0 Å². The Kier molecular flexibility index (Phi) is 3.96. The summed E-state index contributed by atoms with van der Waals surface area (Å²) >= 11 is 0. The van der Waals surface area contributed by atoms with Crippen molar-refractivity contribution in [2.24, 2.45) is 0 Å². The van der Waals surface area contributed by atoms with Crippen LogP contribution in [-0.4, -0.2) is 23.9 Å². The second kappa shape index (κ2) is 5.86. The van der Waals surface area contributed by atoms with Gasteiger partial charge in [-0.2, -0.15) is 5.10 Å². The lowest BCUT2D eigenvalue weighted by Gasteiger charge is -2.06. The van der Waals surface area contributed by atoms with Gasteiger partial charge in [0.2, 0.25) is 0 Å². The number of aromatic nitrogens is 2. The van der Waals surface area contributed by atoms with E-state index in [0.717, 1.165) is 24.4 Å². The van der Waals surface area contributed by atoms with E-state index in [1.54, 1.807) is 13.3 Å². The first kappa shape index (κ1) is 12.2. The van der Waals surface area contributed by atoms with Crippen molar-refractivity contribution in [3.05, 3.63) is 52.4 Å². The molecule has 1 heterocycles. The van der Waals surface area contributed by atoms with Crippen LogP contribution in [-0.2, 0) is 6.42 Å². The Hall–Kier alpha value is -2.30. The second-order valence-corrected chi connectivity index (χ2v) is 3.86. The maximum Gasteiger partial charge on any atom is 0.266 e. The Morgan fingerprint density at radius 2 is 2.11 bits per heavy atom. The molecule has 1 aromatic heterocycles. The smallest absolute Gasteiger partial charge is 0.266 e. The van der Waals surface area contributed by atoms with Crippen LogP contribution in [0.2, 0.25) is 0 Å².